The van der Waals surface area contributed by atoms with E-state index < -0.39 is 0 Å². The number of likely N-dealkylation sites (tertiary alicyclic amines) is 1. The Hall–Kier alpha value is -1.89. The van der Waals surface area contributed by atoms with E-state index in [1.165, 1.54) is 18.2 Å². The van der Waals surface area contributed by atoms with Crippen LogP contribution in [0.2, 0.25) is 0 Å². The fourth-order valence-corrected chi connectivity index (χ4v) is 4.09. The molecule has 2 atom stereocenters. The maximum absolute atomic E-state index is 12.6. The van der Waals surface area contributed by atoms with Gasteiger partial charge in [0, 0.05) is 37.1 Å². The summed E-state index contributed by atoms with van der Waals surface area (Å²) in [6, 6.07) is 4.46. The molecule has 1 fully saturated rings. The van der Waals surface area contributed by atoms with Crippen molar-refractivity contribution in [2.45, 2.75) is 50.4 Å². The molecule has 0 unspecified atom stereocenters. The van der Waals surface area contributed by atoms with Crippen LogP contribution in [0.1, 0.15) is 33.1 Å². The molecule has 1 amide bonds. The molecule has 0 aromatic carbocycles. The Morgan fingerprint density at radius 3 is 2.54 bits per heavy atom. The number of carbonyl (C=O) groups is 1. The van der Waals surface area contributed by atoms with Gasteiger partial charge in [0.2, 0.25) is 5.91 Å². The Balaban J connectivity index is 1.67. The second-order valence-electron chi connectivity index (χ2n) is 6.32. The highest BCUT2D eigenvalue weighted by molar-refractivity contribution is 7.99. The van der Waals surface area contributed by atoms with Gasteiger partial charge in [-0.05, 0) is 45.2 Å². The second kappa shape index (κ2) is 7.34. The standard InChI is InChI=1S/C17H23N5OS/c1-12-5-4-6-13(2)22(12)15(23)11-24-17-20-19-16(21(17)3)14-7-9-18-10-8-14/h7-10,12-13H,4-6,11H2,1-3H3/t12-,13-/m0/s1. The van der Waals surface area contributed by atoms with Crippen molar-refractivity contribution in [1.29, 1.82) is 0 Å². The lowest BCUT2D eigenvalue weighted by atomic mass is 9.98. The number of amides is 1. The Labute approximate surface area is 146 Å². The molecule has 1 aliphatic heterocycles. The molecule has 3 heterocycles. The number of pyridine rings is 1. The molecule has 6 nitrogen and oxygen atoms in total. The molecule has 0 bridgehead atoms. The zero-order chi connectivity index (χ0) is 17.1. The molecule has 24 heavy (non-hydrogen) atoms. The van der Waals surface area contributed by atoms with Gasteiger partial charge in [0.15, 0.2) is 11.0 Å². The van der Waals surface area contributed by atoms with E-state index in [0.29, 0.717) is 17.8 Å². The summed E-state index contributed by atoms with van der Waals surface area (Å²) in [5, 5.41) is 9.23. The number of carbonyl (C=O) groups excluding carboxylic acids is 1. The van der Waals surface area contributed by atoms with E-state index in [1.807, 2.05) is 28.6 Å². The van der Waals surface area contributed by atoms with Crippen molar-refractivity contribution in [3.63, 3.8) is 0 Å². The Kier molecular flexibility index (Phi) is 5.18. The summed E-state index contributed by atoms with van der Waals surface area (Å²) in [7, 11) is 1.93. The molecule has 0 radical (unpaired) electrons. The number of nitrogens with zero attached hydrogens (tertiary/aromatic N) is 5. The first-order valence-electron chi connectivity index (χ1n) is 8.31. The smallest absolute Gasteiger partial charge is 0.233 e. The van der Waals surface area contributed by atoms with E-state index in [1.54, 1.807) is 12.4 Å². The molecule has 128 valence electrons. The fraction of sp³-hybridized carbons (Fsp3) is 0.529. The largest absolute Gasteiger partial charge is 0.337 e. The molecule has 0 aliphatic carbocycles. The maximum atomic E-state index is 12.6. The molecule has 3 rings (SSSR count). The van der Waals surface area contributed by atoms with Gasteiger partial charge in [-0.2, -0.15) is 0 Å². The summed E-state index contributed by atoms with van der Waals surface area (Å²) in [6.07, 6.45) is 6.87. The zero-order valence-electron chi connectivity index (χ0n) is 14.3. The van der Waals surface area contributed by atoms with Crippen LogP contribution in [0.5, 0.6) is 0 Å². The van der Waals surface area contributed by atoms with Gasteiger partial charge in [-0.15, -0.1) is 10.2 Å². The maximum Gasteiger partial charge on any atom is 0.233 e. The van der Waals surface area contributed by atoms with Crippen LogP contribution < -0.4 is 0 Å². The van der Waals surface area contributed by atoms with Crippen LogP contribution in [0.4, 0.5) is 0 Å². The van der Waals surface area contributed by atoms with E-state index in [-0.39, 0.29) is 5.91 Å². The molecule has 1 aliphatic rings. The van der Waals surface area contributed by atoms with Crippen molar-refractivity contribution in [2.75, 3.05) is 5.75 Å². The minimum atomic E-state index is 0.188. The lowest BCUT2D eigenvalue weighted by Crippen LogP contribution is -2.48. The van der Waals surface area contributed by atoms with E-state index in [2.05, 4.69) is 29.0 Å². The van der Waals surface area contributed by atoms with Crippen molar-refractivity contribution in [3.8, 4) is 11.4 Å². The van der Waals surface area contributed by atoms with Crippen molar-refractivity contribution in [3.05, 3.63) is 24.5 Å². The highest BCUT2D eigenvalue weighted by Gasteiger charge is 2.29. The van der Waals surface area contributed by atoms with Crippen LogP contribution in [0, 0.1) is 0 Å². The second-order valence-corrected chi connectivity index (χ2v) is 7.26. The summed E-state index contributed by atoms with van der Waals surface area (Å²) in [5.41, 5.74) is 0.969. The number of thioether (sulfide) groups is 1. The van der Waals surface area contributed by atoms with Crippen molar-refractivity contribution >= 4 is 17.7 Å². The number of rotatable bonds is 4. The Bertz CT molecular complexity index is 692. The summed E-state index contributed by atoms with van der Waals surface area (Å²) in [5.74, 6) is 1.37. The molecule has 2 aromatic rings. The molecule has 0 spiro atoms. The number of hydrogen-bond donors (Lipinski definition) is 0. The van der Waals surface area contributed by atoms with Gasteiger partial charge in [-0.25, -0.2) is 0 Å². The summed E-state index contributed by atoms with van der Waals surface area (Å²) < 4.78 is 1.93. The lowest BCUT2D eigenvalue weighted by molar-refractivity contribution is -0.134. The average Bonchev–Trinajstić information content (AvgIpc) is 2.94. The van der Waals surface area contributed by atoms with Crippen molar-refractivity contribution in [2.24, 2.45) is 7.05 Å². The minimum Gasteiger partial charge on any atom is -0.337 e. The third-order valence-electron chi connectivity index (χ3n) is 4.58. The number of aromatic nitrogens is 4. The molecular weight excluding hydrogens is 322 g/mol. The van der Waals surface area contributed by atoms with Crippen LogP contribution >= 0.6 is 11.8 Å². The number of hydrogen-bond acceptors (Lipinski definition) is 5. The van der Waals surface area contributed by atoms with Crippen LogP contribution in [-0.2, 0) is 11.8 Å². The summed E-state index contributed by atoms with van der Waals surface area (Å²) in [6.45, 7) is 4.28. The van der Waals surface area contributed by atoms with Crippen LogP contribution in [0.25, 0.3) is 11.4 Å². The normalized spacial score (nSPS) is 21.0. The van der Waals surface area contributed by atoms with Crippen molar-refractivity contribution in [1.82, 2.24) is 24.6 Å². The zero-order valence-corrected chi connectivity index (χ0v) is 15.2. The Morgan fingerprint density at radius 2 is 1.88 bits per heavy atom. The Morgan fingerprint density at radius 1 is 1.21 bits per heavy atom. The average molecular weight is 345 g/mol. The predicted molar refractivity (Wildman–Crippen MR) is 94.6 cm³/mol. The van der Waals surface area contributed by atoms with Gasteiger partial charge >= 0.3 is 0 Å². The van der Waals surface area contributed by atoms with E-state index in [0.717, 1.165) is 29.4 Å². The molecular formula is C17H23N5OS. The first kappa shape index (κ1) is 17.0. The third-order valence-corrected chi connectivity index (χ3v) is 5.58. The minimum absolute atomic E-state index is 0.188. The van der Waals surface area contributed by atoms with Gasteiger partial charge < -0.3 is 9.47 Å². The molecule has 2 aromatic heterocycles. The fourth-order valence-electron chi connectivity index (χ4n) is 3.31. The van der Waals surface area contributed by atoms with Gasteiger partial charge in [0.1, 0.15) is 0 Å². The first-order valence-corrected chi connectivity index (χ1v) is 9.30. The molecule has 0 N–H and O–H groups in total. The number of piperidine rings is 1. The molecule has 7 heteroatoms. The first-order chi connectivity index (χ1) is 11.6. The van der Waals surface area contributed by atoms with Crippen LogP contribution in [-0.4, -0.2) is 48.4 Å². The van der Waals surface area contributed by atoms with Crippen LogP contribution in [0.3, 0.4) is 0 Å². The lowest BCUT2D eigenvalue weighted by Gasteiger charge is -2.39. The van der Waals surface area contributed by atoms with E-state index in [4.69, 9.17) is 0 Å². The summed E-state index contributed by atoms with van der Waals surface area (Å²) in [4.78, 5) is 18.7. The van der Waals surface area contributed by atoms with Gasteiger partial charge in [-0.3, -0.25) is 9.78 Å². The third kappa shape index (κ3) is 3.45. The van der Waals surface area contributed by atoms with Gasteiger partial charge in [0.05, 0.1) is 5.75 Å². The monoisotopic (exact) mass is 345 g/mol. The quantitative estimate of drug-likeness (QED) is 0.797. The molecule has 0 saturated carbocycles. The highest BCUT2D eigenvalue weighted by Crippen LogP contribution is 2.26. The van der Waals surface area contributed by atoms with Crippen molar-refractivity contribution < 1.29 is 4.79 Å². The van der Waals surface area contributed by atoms with Crippen LogP contribution in [0.15, 0.2) is 29.7 Å². The topological polar surface area (TPSA) is 63.9 Å². The van der Waals surface area contributed by atoms with E-state index >= 15 is 0 Å². The highest BCUT2D eigenvalue weighted by atomic mass is 32.2. The van der Waals surface area contributed by atoms with E-state index in [9.17, 15) is 4.79 Å². The molecule has 1 saturated heterocycles. The summed E-state index contributed by atoms with van der Waals surface area (Å²) >= 11 is 1.45. The van der Waals surface area contributed by atoms with Gasteiger partial charge in [0.25, 0.3) is 0 Å². The SMILES string of the molecule is C[C@H]1CCC[C@H](C)N1C(=O)CSc1nnc(-c2ccncc2)n1C. The van der Waals surface area contributed by atoms with Gasteiger partial charge in [-0.1, -0.05) is 11.8 Å². The predicted octanol–water partition coefficient (Wildman–Crippen LogP) is 2.76.